The van der Waals surface area contributed by atoms with Gasteiger partial charge in [-0.15, -0.1) is 0 Å². The minimum atomic E-state index is 0.933. The van der Waals surface area contributed by atoms with Crippen molar-refractivity contribution in [2.24, 2.45) is 7.05 Å². The lowest BCUT2D eigenvalue weighted by molar-refractivity contribution is 0.885. The maximum Gasteiger partial charge on any atom is 0.146 e. The molecule has 0 atom stereocenters. The van der Waals surface area contributed by atoms with Crippen LogP contribution in [0.1, 0.15) is 17.0 Å². The number of fused-ring (bicyclic) bond motifs is 1. The second-order valence-electron chi connectivity index (χ2n) is 7.84. The summed E-state index contributed by atoms with van der Waals surface area (Å²) >= 11 is 0. The van der Waals surface area contributed by atoms with Crippen LogP contribution in [0.25, 0.3) is 39.2 Å². The van der Waals surface area contributed by atoms with E-state index >= 15 is 0 Å². The Morgan fingerprint density at radius 3 is 2.27 bits per heavy atom. The molecule has 30 heavy (non-hydrogen) atoms. The van der Waals surface area contributed by atoms with Gasteiger partial charge in [0.05, 0.1) is 16.7 Å². The van der Waals surface area contributed by atoms with Crippen molar-refractivity contribution >= 4 is 11.0 Å². The highest BCUT2D eigenvalue weighted by molar-refractivity contribution is 5.91. The minimum absolute atomic E-state index is 0.933. The van der Waals surface area contributed by atoms with Gasteiger partial charge >= 0.3 is 0 Å². The van der Waals surface area contributed by atoms with Gasteiger partial charge in [0, 0.05) is 25.0 Å². The molecule has 0 fully saturated rings. The molecule has 148 valence electrons. The molecule has 0 aliphatic carbocycles. The van der Waals surface area contributed by atoms with Gasteiger partial charge in [-0.3, -0.25) is 4.57 Å². The summed E-state index contributed by atoms with van der Waals surface area (Å²) in [4.78, 5) is 9.44. The summed E-state index contributed by atoms with van der Waals surface area (Å²) in [6.45, 7) is 6.38. The van der Waals surface area contributed by atoms with E-state index < -0.39 is 0 Å². The van der Waals surface area contributed by atoms with Crippen LogP contribution >= 0.6 is 0 Å². The highest BCUT2D eigenvalue weighted by Gasteiger charge is 2.17. The normalized spacial score (nSPS) is 11.3. The Balaban J connectivity index is 1.70. The Bertz CT molecular complexity index is 1350. The molecular formula is C26H24N4. The summed E-state index contributed by atoms with van der Waals surface area (Å²) in [6.07, 6.45) is 3.93. The maximum absolute atomic E-state index is 4.75. The summed E-state index contributed by atoms with van der Waals surface area (Å²) in [5.41, 5.74) is 9.29. The molecule has 4 nitrogen and oxygen atoms in total. The van der Waals surface area contributed by atoms with E-state index in [9.17, 15) is 0 Å². The van der Waals surface area contributed by atoms with E-state index in [1.54, 1.807) is 0 Å². The molecule has 0 unspecified atom stereocenters. The van der Waals surface area contributed by atoms with E-state index in [1.165, 1.54) is 27.9 Å². The van der Waals surface area contributed by atoms with Gasteiger partial charge in [0.1, 0.15) is 11.6 Å². The summed E-state index contributed by atoms with van der Waals surface area (Å²) < 4.78 is 4.35. The van der Waals surface area contributed by atoms with Gasteiger partial charge in [0.2, 0.25) is 0 Å². The molecular weight excluding hydrogens is 368 g/mol. The fraction of sp³-hybridized carbons (Fsp3) is 0.154. The van der Waals surface area contributed by atoms with Gasteiger partial charge in [-0.05, 0) is 67.3 Å². The summed E-state index contributed by atoms with van der Waals surface area (Å²) in [6, 6.07) is 21.3. The van der Waals surface area contributed by atoms with Crippen LogP contribution in [0.3, 0.4) is 0 Å². The number of imidazole rings is 2. The molecule has 3 aromatic carbocycles. The molecule has 0 radical (unpaired) electrons. The van der Waals surface area contributed by atoms with Crippen molar-refractivity contribution in [3.05, 3.63) is 90.0 Å². The first-order chi connectivity index (χ1) is 14.5. The quantitative estimate of drug-likeness (QED) is 0.376. The largest absolute Gasteiger partial charge is 0.331 e. The molecule has 0 aliphatic heterocycles. The van der Waals surface area contributed by atoms with Crippen molar-refractivity contribution in [2.75, 3.05) is 0 Å². The first-order valence-electron chi connectivity index (χ1n) is 10.2. The van der Waals surface area contributed by atoms with Crippen molar-refractivity contribution in [3.8, 4) is 28.2 Å². The van der Waals surface area contributed by atoms with Gasteiger partial charge in [-0.2, -0.15) is 0 Å². The third-order valence-corrected chi connectivity index (χ3v) is 5.84. The van der Waals surface area contributed by atoms with E-state index in [4.69, 9.17) is 9.97 Å². The Labute approximate surface area is 176 Å². The number of rotatable bonds is 3. The number of aromatic nitrogens is 4. The molecule has 2 heterocycles. The smallest absolute Gasteiger partial charge is 0.146 e. The van der Waals surface area contributed by atoms with Crippen LogP contribution < -0.4 is 0 Å². The van der Waals surface area contributed by atoms with Crippen LogP contribution in [0.15, 0.2) is 73.1 Å². The average Bonchev–Trinajstić information content (AvgIpc) is 3.33. The molecule has 0 saturated carbocycles. The van der Waals surface area contributed by atoms with Crippen molar-refractivity contribution in [3.63, 3.8) is 0 Å². The zero-order valence-corrected chi connectivity index (χ0v) is 17.7. The lowest BCUT2D eigenvalue weighted by Gasteiger charge is -2.17. The summed E-state index contributed by atoms with van der Waals surface area (Å²) in [5, 5.41) is 0. The number of benzene rings is 3. The van der Waals surface area contributed by atoms with Gasteiger partial charge < -0.3 is 4.57 Å². The molecule has 0 spiro atoms. The zero-order chi connectivity index (χ0) is 20.8. The summed E-state index contributed by atoms with van der Waals surface area (Å²) in [7, 11) is 2.06. The van der Waals surface area contributed by atoms with Crippen molar-refractivity contribution in [1.29, 1.82) is 0 Å². The Morgan fingerprint density at radius 2 is 1.53 bits per heavy atom. The van der Waals surface area contributed by atoms with Crippen LogP contribution in [-0.4, -0.2) is 19.1 Å². The molecule has 5 aromatic rings. The third kappa shape index (κ3) is 2.84. The molecule has 0 bridgehead atoms. The van der Waals surface area contributed by atoms with Crippen molar-refractivity contribution in [2.45, 2.75) is 20.8 Å². The third-order valence-electron chi connectivity index (χ3n) is 5.84. The zero-order valence-electron chi connectivity index (χ0n) is 17.7. The first kappa shape index (κ1) is 18.4. The molecule has 0 amide bonds. The van der Waals surface area contributed by atoms with Gasteiger partial charge in [-0.1, -0.05) is 36.4 Å². The van der Waals surface area contributed by atoms with Crippen LogP contribution in [0.2, 0.25) is 0 Å². The van der Waals surface area contributed by atoms with Crippen LogP contribution in [0.5, 0.6) is 0 Å². The predicted molar refractivity (Wildman–Crippen MR) is 123 cm³/mol. The Hall–Kier alpha value is -3.66. The van der Waals surface area contributed by atoms with E-state index in [1.807, 2.05) is 13.1 Å². The summed E-state index contributed by atoms with van der Waals surface area (Å²) in [5.74, 6) is 1.93. The van der Waals surface area contributed by atoms with Crippen LogP contribution in [0.4, 0.5) is 0 Å². The van der Waals surface area contributed by atoms with Crippen molar-refractivity contribution < 1.29 is 0 Å². The van der Waals surface area contributed by atoms with Gasteiger partial charge in [0.25, 0.3) is 0 Å². The number of hydrogen-bond acceptors (Lipinski definition) is 2. The highest BCUT2D eigenvalue weighted by atomic mass is 15.1. The van der Waals surface area contributed by atoms with Crippen molar-refractivity contribution in [1.82, 2.24) is 19.1 Å². The number of para-hydroxylation sites is 1. The van der Waals surface area contributed by atoms with E-state index in [0.717, 1.165) is 28.2 Å². The van der Waals surface area contributed by atoms with Gasteiger partial charge in [-0.25, -0.2) is 9.97 Å². The molecule has 0 saturated heterocycles. The fourth-order valence-corrected chi connectivity index (χ4v) is 4.38. The molecule has 0 N–H and O–H groups in total. The monoisotopic (exact) mass is 392 g/mol. The SMILES string of the molecule is Cc1cc(-c2ccccc2)cc(C)c1-n1ccnc1-c1cccc2nc(C)n(C)c12. The Kier molecular flexibility index (Phi) is 4.28. The molecule has 5 rings (SSSR count). The highest BCUT2D eigenvalue weighted by Crippen LogP contribution is 2.33. The molecule has 2 aromatic heterocycles. The molecule has 4 heteroatoms. The molecule has 0 aliphatic rings. The lowest BCUT2D eigenvalue weighted by atomic mass is 9.98. The van der Waals surface area contributed by atoms with Gasteiger partial charge in [0.15, 0.2) is 0 Å². The van der Waals surface area contributed by atoms with E-state index in [0.29, 0.717) is 0 Å². The standard InChI is InChI=1S/C26H24N4/c1-17-15-21(20-9-6-5-7-10-20)16-18(2)24(17)30-14-13-27-26(30)22-11-8-12-23-25(22)29(4)19(3)28-23/h5-16H,1-4H3. The number of nitrogens with zero attached hydrogens (tertiary/aromatic N) is 4. The first-order valence-corrected chi connectivity index (χ1v) is 10.2. The maximum atomic E-state index is 4.75. The van der Waals surface area contributed by atoms with Crippen LogP contribution in [0, 0.1) is 20.8 Å². The van der Waals surface area contributed by atoms with E-state index in [2.05, 4.69) is 96.9 Å². The Morgan fingerprint density at radius 1 is 0.800 bits per heavy atom. The lowest BCUT2D eigenvalue weighted by Crippen LogP contribution is -2.03. The predicted octanol–water partition coefficient (Wildman–Crippen LogP) is 6.02. The average molecular weight is 393 g/mol. The topological polar surface area (TPSA) is 35.6 Å². The van der Waals surface area contributed by atoms with E-state index in [-0.39, 0.29) is 0 Å². The van der Waals surface area contributed by atoms with Crippen LogP contribution in [-0.2, 0) is 7.05 Å². The number of aryl methyl sites for hydroxylation is 4. The number of hydrogen-bond donors (Lipinski definition) is 0. The minimum Gasteiger partial charge on any atom is -0.331 e. The fourth-order valence-electron chi connectivity index (χ4n) is 4.38. The second kappa shape index (κ2) is 6.99. The second-order valence-corrected chi connectivity index (χ2v) is 7.84.